The molecule has 6 N–H and O–H groups in total. The van der Waals surface area contributed by atoms with Crippen molar-refractivity contribution >= 4 is 17.7 Å². The van der Waals surface area contributed by atoms with Gasteiger partial charge in [0, 0.05) is 12.2 Å². The van der Waals surface area contributed by atoms with Gasteiger partial charge in [-0.05, 0) is 91.6 Å². The number of aliphatic hydroxyl groups excluding tert-OH is 1. The van der Waals surface area contributed by atoms with Crippen molar-refractivity contribution in [1.29, 1.82) is 5.26 Å². The minimum Gasteiger partial charge on any atom is -0.391 e. The van der Waals surface area contributed by atoms with E-state index in [1.165, 1.54) is 6.07 Å². The Morgan fingerprint density at radius 2 is 1.90 bits per heavy atom. The van der Waals surface area contributed by atoms with E-state index in [9.17, 15) is 14.3 Å². The monoisotopic (exact) mass is 542 g/mol. The number of nitrogens with two attached hydrogens (primary N) is 1. The third-order valence-corrected chi connectivity index (χ3v) is 7.18. The smallest absolute Gasteiger partial charge is 0.319 e. The second-order valence-corrected chi connectivity index (χ2v) is 10.5. The Labute approximate surface area is 234 Å². The van der Waals surface area contributed by atoms with E-state index in [2.05, 4.69) is 20.9 Å². The lowest BCUT2D eigenvalue weighted by Crippen LogP contribution is -2.57. The number of nitrogens with zero attached hydrogens (tertiary/aromatic N) is 2. The van der Waals surface area contributed by atoms with Crippen LogP contribution in [-0.2, 0) is 19.5 Å². The van der Waals surface area contributed by atoms with Gasteiger partial charge in [0.1, 0.15) is 5.82 Å². The Bertz CT molecular complexity index is 1410. The average Bonchev–Trinajstić information content (AvgIpc) is 3.78. The standard InChI is InChI=1S/C31H35FN6O2/c1-20(39)31(2,16-25-12-13-26(32)15-28(25)24-10-11-24)38-29(34)35-18-21-6-8-22(9-7-21)19-36-30(40)37-27-5-3-4-23(14-27)17-33/h3-9,12-15,20,24,39H,10-11,16,18-19H2,1-2H3,(H3,34,35,38)(H2,36,37,40)/t20?,31-/m1/s1. The fraction of sp³-hybridized carbons (Fsp3) is 0.323. The Morgan fingerprint density at radius 1 is 1.18 bits per heavy atom. The van der Waals surface area contributed by atoms with Crippen molar-refractivity contribution < 1.29 is 14.3 Å². The van der Waals surface area contributed by atoms with E-state index in [4.69, 9.17) is 11.0 Å². The molecule has 1 aliphatic carbocycles. The van der Waals surface area contributed by atoms with Crippen molar-refractivity contribution in [2.24, 2.45) is 10.7 Å². The maximum absolute atomic E-state index is 13.9. The van der Waals surface area contributed by atoms with Crippen LogP contribution in [-0.4, -0.2) is 28.7 Å². The van der Waals surface area contributed by atoms with Crippen molar-refractivity contribution in [2.45, 2.75) is 63.8 Å². The highest BCUT2D eigenvalue weighted by molar-refractivity contribution is 5.89. The molecule has 0 saturated heterocycles. The zero-order chi connectivity index (χ0) is 28.7. The highest BCUT2D eigenvalue weighted by Gasteiger charge is 2.34. The molecule has 0 radical (unpaired) electrons. The van der Waals surface area contributed by atoms with Gasteiger partial charge in [0.25, 0.3) is 0 Å². The zero-order valence-corrected chi connectivity index (χ0v) is 22.7. The number of halogens is 1. The molecule has 9 heteroatoms. The van der Waals surface area contributed by atoms with Gasteiger partial charge in [-0.1, -0.05) is 36.4 Å². The van der Waals surface area contributed by atoms with Crippen molar-refractivity contribution in [2.75, 3.05) is 5.32 Å². The number of rotatable bonds is 10. The number of hydrogen-bond donors (Lipinski definition) is 5. The SMILES string of the molecule is CC(O)[C@@](C)(Cc1ccc(F)cc1C1CC1)NC(N)=NCc1ccc(CNC(=O)Nc2cccc(C#N)c2)cc1. The van der Waals surface area contributed by atoms with Gasteiger partial charge in [-0.15, -0.1) is 0 Å². The lowest BCUT2D eigenvalue weighted by atomic mass is 9.85. The van der Waals surface area contributed by atoms with E-state index < -0.39 is 11.6 Å². The summed E-state index contributed by atoms with van der Waals surface area (Å²) in [6, 6.07) is 20.9. The molecule has 208 valence electrons. The van der Waals surface area contributed by atoms with Crippen LogP contribution in [0.4, 0.5) is 14.9 Å². The van der Waals surface area contributed by atoms with E-state index in [-0.39, 0.29) is 17.8 Å². The molecule has 1 fully saturated rings. The highest BCUT2D eigenvalue weighted by Crippen LogP contribution is 2.42. The summed E-state index contributed by atoms with van der Waals surface area (Å²) in [6.45, 7) is 4.26. The Kier molecular flexibility index (Phi) is 9.02. The number of nitriles is 1. The first-order valence-corrected chi connectivity index (χ1v) is 13.3. The molecule has 3 aromatic carbocycles. The van der Waals surface area contributed by atoms with Crippen LogP contribution in [0.2, 0.25) is 0 Å². The van der Waals surface area contributed by atoms with Crippen LogP contribution >= 0.6 is 0 Å². The third kappa shape index (κ3) is 7.80. The number of amides is 2. The number of nitrogens with one attached hydrogen (secondary N) is 3. The molecular formula is C31H35FN6O2. The van der Waals surface area contributed by atoms with Crippen LogP contribution < -0.4 is 21.7 Å². The van der Waals surface area contributed by atoms with Crippen LogP contribution in [0.1, 0.15) is 60.4 Å². The first-order valence-electron chi connectivity index (χ1n) is 13.3. The molecule has 3 aromatic rings. The summed E-state index contributed by atoms with van der Waals surface area (Å²) in [5.74, 6) is 0.344. The number of carbonyl (C=O) groups excluding carboxylic acids is 1. The molecule has 0 spiro atoms. The summed E-state index contributed by atoms with van der Waals surface area (Å²) in [6.07, 6.45) is 1.85. The van der Waals surface area contributed by atoms with Gasteiger partial charge in [-0.2, -0.15) is 5.26 Å². The normalized spacial score (nSPS) is 15.4. The van der Waals surface area contributed by atoms with E-state index >= 15 is 0 Å². The van der Waals surface area contributed by atoms with Gasteiger partial charge in [0.05, 0.1) is 29.8 Å². The number of anilines is 1. The molecule has 0 heterocycles. The molecule has 1 unspecified atom stereocenters. The Balaban J connectivity index is 1.31. The van der Waals surface area contributed by atoms with E-state index in [0.29, 0.717) is 36.7 Å². The molecule has 0 aromatic heterocycles. The number of hydrogen-bond acceptors (Lipinski definition) is 4. The van der Waals surface area contributed by atoms with Crippen LogP contribution in [0.25, 0.3) is 0 Å². The fourth-order valence-corrected chi connectivity index (χ4v) is 4.49. The Hall–Kier alpha value is -4.42. The second-order valence-electron chi connectivity index (χ2n) is 10.5. The molecule has 8 nitrogen and oxygen atoms in total. The molecule has 1 saturated carbocycles. The van der Waals surface area contributed by atoms with Crippen molar-refractivity contribution in [3.8, 4) is 6.07 Å². The molecular weight excluding hydrogens is 507 g/mol. The number of guanidine groups is 1. The molecule has 0 bridgehead atoms. The summed E-state index contributed by atoms with van der Waals surface area (Å²) in [5.41, 5.74) is 10.3. The first-order chi connectivity index (χ1) is 19.1. The maximum atomic E-state index is 13.9. The minimum atomic E-state index is -0.791. The van der Waals surface area contributed by atoms with Crippen molar-refractivity contribution in [3.63, 3.8) is 0 Å². The van der Waals surface area contributed by atoms with Crippen LogP contribution in [0.5, 0.6) is 0 Å². The van der Waals surface area contributed by atoms with Crippen molar-refractivity contribution in [3.05, 3.63) is 100 Å². The topological polar surface area (TPSA) is 136 Å². The predicted molar refractivity (Wildman–Crippen MR) is 154 cm³/mol. The molecule has 40 heavy (non-hydrogen) atoms. The van der Waals surface area contributed by atoms with Gasteiger partial charge in [-0.25, -0.2) is 14.2 Å². The first kappa shape index (κ1) is 28.6. The summed E-state index contributed by atoms with van der Waals surface area (Å²) in [5, 5.41) is 28.3. The zero-order valence-electron chi connectivity index (χ0n) is 22.7. The van der Waals surface area contributed by atoms with E-state index in [1.54, 1.807) is 43.3 Å². The van der Waals surface area contributed by atoms with Gasteiger partial charge >= 0.3 is 6.03 Å². The summed E-state index contributed by atoms with van der Waals surface area (Å²) < 4.78 is 13.9. The van der Waals surface area contributed by atoms with Crippen molar-refractivity contribution in [1.82, 2.24) is 10.6 Å². The predicted octanol–water partition coefficient (Wildman–Crippen LogP) is 4.68. The maximum Gasteiger partial charge on any atom is 0.319 e. The number of urea groups is 1. The number of benzene rings is 3. The average molecular weight is 543 g/mol. The fourth-order valence-electron chi connectivity index (χ4n) is 4.49. The Morgan fingerprint density at radius 3 is 2.58 bits per heavy atom. The van der Waals surface area contributed by atoms with Gasteiger partial charge in [0.2, 0.25) is 0 Å². The quantitative estimate of drug-likeness (QED) is 0.187. The summed E-state index contributed by atoms with van der Waals surface area (Å²) in [4.78, 5) is 16.7. The minimum absolute atomic E-state index is 0.210. The van der Waals surface area contributed by atoms with Gasteiger partial charge < -0.3 is 26.8 Å². The second kappa shape index (κ2) is 12.6. The summed E-state index contributed by atoms with van der Waals surface area (Å²) in [7, 11) is 0. The largest absolute Gasteiger partial charge is 0.391 e. The lowest BCUT2D eigenvalue weighted by molar-refractivity contribution is 0.0977. The van der Waals surface area contributed by atoms with Gasteiger partial charge in [-0.3, -0.25) is 0 Å². The van der Waals surface area contributed by atoms with E-state index in [0.717, 1.165) is 35.1 Å². The highest BCUT2D eigenvalue weighted by atomic mass is 19.1. The molecule has 4 rings (SSSR count). The lowest BCUT2D eigenvalue weighted by Gasteiger charge is -2.35. The van der Waals surface area contributed by atoms with Crippen LogP contribution in [0.3, 0.4) is 0 Å². The van der Waals surface area contributed by atoms with Crippen LogP contribution in [0.15, 0.2) is 71.7 Å². The number of aliphatic hydroxyl groups is 1. The number of aliphatic imine (C=N–C) groups is 1. The van der Waals surface area contributed by atoms with E-state index in [1.807, 2.05) is 37.3 Å². The molecule has 2 amide bonds. The van der Waals surface area contributed by atoms with Crippen LogP contribution in [0, 0.1) is 17.1 Å². The summed E-state index contributed by atoms with van der Waals surface area (Å²) >= 11 is 0. The third-order valence-electron chi connectivity index (χ3n) is 7.18. The number of carbonyl (C=O) groups is 1. The van der Waals surface area contributed by atoms with Gasteiger partial charge in [0.15, 0.2) is 5.96 Å². The molecule has 1 aliphatic rings. The molecule has 0 aliphatic heterocycles. The molecule has 2 atom stereocenters.